The number of carboxylic acid groups (broad SMARTS) is 1. The summed E-state index contributed by atoms with van der Waals surface area (Å²) in [4.78, 5) is 25.6. The number of nitrogens with one attached hydrogen (secondary N) is 1. The van der Waals surface area contributed by atoms with Crippen LogP contribution in [-0.4, -0.2) is 48.4 Å². The first-order chi connectivity index (χ1) is 14.1. The highest BCUT2D eigenvalue weighted by atomic mass is 16.5. The molecule has 7 nitrogen and oxygen atoms in total. The van der Waals surface area contributed by atoms with Crippen LogP contribution < -0.4 is 10.1 Å². The summed E-state index contributed by atoms with van der Waals surface area (Å²) in [6, 6.07) is 13.9. The van der Waals surface area contributed by atoms with Crippen LogP contribution in [0.3, 0.4) is 0 Å². The van der Waals surface area contributed by atoms with Crippen molar-refractivity contribution < 1.29 is 24.2 Å². The van der Waals surface area contributed by atoms with Crippen molar-refractivity contribution in [2.75, 3.05) is 20.3 Å². The minimum Gasteiger partial charge on any atom is -0.496 e. The molecule has 1 aliphatic heterocycles. The number of ether oxygens (including phenoxy) is 2. The van der Waals surface area contributed by atoms with Crippen LogP contribution in [0.15, 0.2) is 48.5 Å². The Morgan fingerprint density at radius 3 is 2.62 bits per heavy atom. The van der Waals surface area contributed by atoms with Crippen molar-refractivity contribution in [2.24, 2.45) is 0 Å². The molecule has 1 heterocycles. The van der Waals surface area contributed by atoms with Gasteiger partial charge in [-0.25, -0.2) is 9.59 Å². The average Bonchev–Trinajstić information content (AvgIpc) is 3.25. The van der Waals surface area contributed by atoms with E-state index in [9.17, 15) is 9.59 Å². The first-order valence-electron chi connectivity index (χ1n) is 9.65. The fraction of sp³-hybridized carbons (Fsp3) is 0.364. The quantitative estimate of drug-likeness (QED) is 0.712. The largest absolute Gasteiger partial charge is 0.496 e. The van der Waals surface area contributed by atoms with Crippen LogP contribution in [0, 0.1) is 0 Å². The fourth-order valence-corrected chi connectivity index (χ4v) is 3.35. The fourth-order valence-electron chi connectivity index (χ4n) is 3.35. The molecule has 1 fully saturated rings. The van der Waals surface area contributed by atoms with Gasteiger partial charge in [-0.15, -0.1) is 0 Å². The number of rotatable bonds is 8. The third-order valence-corrected chi connectivity index (χ3v) is 4.93. The maximum atomic E-state index is 12.9. The van der Waals surface area contributed by atoms with E-state index in [1.54, 1.807) is 24.1 Å². The van der Waals surface area contributed by atoms with Gasteiger partial charge in [0.25, 0.3) is 0 Å². The normalized spacial score (nSPS) is 15.7. The smallest absolute Gasteiger partial charge is 0.335 e. The number of hydrogen-bond acceptors (Lipinski definition) is 4. The molecular weight excluding hydrogens is 372 g/mol. The molecule has 1 unspecified atom stereocenters. The molecule has 1 aliphatic rings. The number of amides is 2. The van der Waals surface area contributed by atoms with E-state index in [-0.39, 0.29) is 17.7 Å². The van der Waals surface area contributed by atoms with Gasteiger partial charge in [-0.05, 0) is 36.6 Å². The van der Waals surface area contributed by atoms with Crippen molar-refractivity contribution in [3.8, 4) is 5.75 Å². The first-order valence-corrected chi connectivity index (χ1v) is 9.65. The zero-order valence-corrected chi connectivity index (χ0v) is 16.5. The summed E-state index contributed by atoms with van der Waals surface area (Å²) in [6.07, 6.45) is 1.97. The predicted octanol–water partition coefficient (Wildman–Crippen LogP) is 3.28. The third kappa shape index (κ3) is 5.71. The Balaban J connectivity index is 1.67. The van der Waals surface area contributed by atoms with E-state index in [0.717, 1.165) is 36.3 Å². The molecule has 0 bridgehead atoms. The second-order valence-electron chi connectivity index (χ2n) is 6.99. The number of carboxylic acids is 1. The molecule has 154 valence electrons. The Bertz CT molecular complexity index is 831. The lowest BCUT2D eigenvalue weighted by Crippen LogP contribution is -2.43. The van der Waals surface area contributed by atoms with Crippen molar-refractivity contribution in [3.63, 3.8) is 0 Å². The molecule has 0 aromatic heterocycles. The van der Waals surface area contributed by atoms with Gasteiger partial charge < -0.3 is 24.8 Å². The first kappa shape index (κ1) is 20.7. The molecule has 0 saturated carbocycles. The minimum absolute atomic E-state index is 0.0327. The van der Waals surface area contributed by atoms with Gasteiger partial charge in [0.1, 0.15) is 5.75 Å². The van der Waals surface area contributed by atoms with Crippen LogP contribution in [0.1, 0.15) is 34.3 Å². The second kappa shape index (κ2) is 9.93. The standard InChI is InChI=1S/C22H26N2O5/c1-28-20-7-3-2-5-18(20)14-24(15-19-6-4-12-29-19)22(27)23-13-16-8-10-17(11-9-16)21(25)26/h2-3,5,7-11,19H,4,6,12-15H2,1H3,(H,23,27)(H,25,26). The summed E-state index contributed by atoms with van der Waals surface area (Å²) in [5, 5.41) is 11.9. The van der Waals surface area contributed by atoms with Gasteiger partial charge in [0.2, 0.25) is 0 Å². The summed E-state index contributed by atoms with van der Waals surface area (Å²) in [5.41, 5.74) is 1.97. The van der Waals surface area contributed by atoms with Crippen molar-refractivity contribution in [1.29, 1.82) is 0 Å². The third-order valence-electron chi connectivity index (χ3n) is 4.93. The van der Waals surface area contributed by atoms with Gasteiger partial charge in [-0.2, -0.15) is 0 Å². The van der Waals surface area contributed by atoms with Crippen LogP contribution in [0.4, 0.5) is 4.79 Å². The zero-order valence-electron chi connectivity index (χ0n) is 16.5. The van der Waals surface area contributed by atoms with Crippen LogP contribution in [0.5, 0.6) is 5.75 Å². The molecule has 1 atom stereocenters. The summed E-state index contributed by atoms with van der Waals surface area (Å²) in [6.45, 7) is 1.95. The predicted molar refractivity (Wildman–Crippen MR) is 108 cm³/mol. The molecule has 0 aliphatic carbocycles. The topological polar surface area (TPSA) is 88.1 Å². The van der Waals surface area contributed by atoms with Crippen molar-refractivity contribution >= 4 is 12.0 Å². The molecule has 2 aromatic carbocycles. The maximum Gasteiger partial charge on any atom is 0.335 e. The lowest BCUT2D eigenvalue weighted by atomic mass is 10.1. The molecule has 2 aromatic rings. The summed E-state index contributed by atoms with van der Waals surface area (Å²) in [5.74, 6) is -0.234. The van der Waals surface area contributed by atoms with Gasteiger partial charge >= 0.3 is 12.0 Å². The Morgan fingerprint density at radius 1 is 1.21 bits per heavy atom. The number of nitrogens with zero attached hydrogens (tertiary/aromatic N) is 1. The van der Waals surface area contributed by atoms with E-state index in [0.29, 0.717) is 19.6 Å². The number of carbonyl (C=O) groups is 2. The average molecular weight is 398 g/mol. The van der Waals surface area contributed by atoms with E-state index in [2.05, 4.69) is 5.32 Å². The van der Waals surface area contributed by atoms with E-state index in [1.807, 2.05) is 24.3 Å². The van der Waals surface area contributed by atoms with E-state index in [1.165, 1.54) is 12.1 Å². The van der Waals surface area contributed by atoms with Crippen molar-refractivity contribution in [1.82, 2.24) is 10.2 Å². The molecular formula is C22H26N2O5. The Morgan fingerprint density at radius 2 is 1.97 bits per heavy atom. The summed E-state index contributed by atoms with van der Waals surface area (Å²) >= 11 is 0. The molecule has 7 heteroatoms. The Labute approximate surface area is 170 Å². The lowest BCUT2D eigenvalue weighted by molar-refractivity contribution is 0.0697. The second-order valence-corrected chi connectivity index (χ2v) is 6.99. The number of benzene rings is 2. The van der Waals surface area contributed by atoms with E-state index < -0.39 is 5.97 Å². The van der Waals surface area contributed by atoms with Gasteiger partial charge in [0, 0.05) is 25.3 Å². The zero-order chi connectivity index (χ0) is 20.6. The highest BCUT2D eigenvalue weighted by molar-refractivity contribution is 5.87. The van der Waals surface area contributed by atoms with Gasteiger partial charge in [0.05, 0.1) is 25.3 Å². The molecule has 29 heavy (non-hydrogen) atoms. The number of urea groups is 1. The van der Waals surface area contributed by atoms with Crippen LogP contribution >= 0.6 is 0 Å². The molecule has 3 rings (SSSR count). The van der Waals surface area contributed by atoms with E-state index >= 15 is 0 Å². The molecule has 1 saturated heterocycles. The number of hydrogen-bond donors (Lipinski definition) is 2. The van der Waals surface area contributed by atoms with Crippen LogP contribution in [0.25, 0.3) is 0 Å². The monoisotopic (exact) mass is 398 g/mol. The highest BCUT2D eigenvalue weighted by Crippen LogP contribution is 2.21. The number of carbonyl (C=O) groups excluding carboxylic acids is 1. The van der Waals surface area contributed by atoms with Gasteiger partial charge in [-0.3, -0.25) is 0 Å². The number of methoxy groups -OCH3 is 1. The molecule has 2 amide bonds. The SMILES string of the molecule is COc1ccccc1CN(CC1CCCO1)C(=O)NCc1ccc(C(=O)O)cc1. The van der Waals surface area contributed by atoms with Gasteiger partial charge in [-0.1, -0.05) is 30.3 Å². The molecule has 0 spiro atoms. The molecule has 2 N–H and O–H groups in total. The summed E-state index contributed by atoms with van der Waals surface area (Å²) in [7, 11) is 1.62. The highest BCUT2D eigenvalue weighted by Gasteiger charge is 2.23. The summed E-state index contributed by atoms with van der Waals surface area (Å²) < 4.78 is 11.1. The number of aromatic carboxylic acids is 1. The number of para-hydroxylation sites is 1. The van der Waals surface area contributed by atoms with Crippen LogP contribution in [0.2, 0.25) is 0 Å². The van der Waals surface area contributed by atoms with E-state index in [4.69, 9.17) is 14.6 Å². The van der Waals surface area contributed by atoms with Gasteiger partial charge in [0.15, 0.2) is 0 Å². The minimum atomic E-state index is -0.972. The lowest BCUT2D eigenvalue weighted by Gasteiger charge is -2.26. The van der Waals surface area contributed by atoms with Crippen molar-refractivity contribution in [3.05, 3.63) is 65.2 Å². The van der Waals surface area contributed by atoms with Crippen LogP contribution in [-0.2, 0) is 17.8 Å². The Kier molecular flexibility index (Phi) is 7.08. The van der Waals surface area contributed by atoms with Crippen molar-refractivity contribution in [2.45, 2.75) is 32.0 Å². The Hall–Kier alpha value is -3.06. The molecule has 0 radical (unpaired) electrons. The maximum absolute atomic E-state index is 12.9.